The van der Waals surface area contributed by atoms with Gasteiger partial charge < -0.3 is 24.8 Å². The van der Waals surface area contributed by atoms with Crippen molar-refractivity contribution in [1.29, 1.82) is 0 Å². The molecule has 1 rings (SSSR count). The second-order valence-electron chi connectivity index (χ2n) is 4.96. The van der Waals surface area contributed by atoms with E-state index in [1.165, 1.54) is 0 Å². The van der Waals surface area contributed by atoms with Crippen molar-refractivity contribution < 1.29 is 34.4 Å². The average molecular weight is 302 g/mol. The molecule has 0 aromatic rings. The molecule has 21 heavy (non-hydrogen) atoms. The maximum Gasteiger partial charge on any atom is 0.378 e. The third-order valence-corrected chi connectivity index (χ3v) is 3.40. The Hall–Kier alpha value is -1.60. The van der Waals surface area contributed by atoms with Crippen LogP contribution in [-0.2, 0) is 19.1 Å². The van der Waals surface area contributed by atoms with Crippen molar-refractivity contribution in [3.05, 3.63) is 11.5 Å². The molecule has 7 heteroatoms. The molecule has 1 aliphatic rings. The predicted molar refractivity (Wildman–Crippen MR) is 72.0 cm³/mol. The van der Waals surface area contributed by atoms with E-state index in [0.717, 1.165) is 12.8 Å². The van der Waals surface area contributed by atoms with Gasteiger partial charge in [0.15, 0.2) is 6.10 Å². The minimum Gasteiger partial charge on any atom is -0.499 e. The molecule has 0 radical (unpaired) electrons. The first-order chi connectivity index (χ1) is 9.96. The monoisotopic (exact) mass is 302 g/mol. The van der Waals surface area contributed by atoms with Gasteiger partial charge in [-0.2, -0.15) is 0 Å². The van der Waals surface area contributed by atoms with Crippen LogP contribution < -0.4 is 0 Å². The third-order valence-electron chi connectivity index (χ3n) is 3.40. The Balaban J connectivity index is 2.81. The lowest BCUT2D eigenvalue weighted by atomic mass is 9.99. The molecule has 0 fully saturated rings. The summed E-state index contributed by atoms with van der Waals surface area (Å²) in [5.41, 5.74) is 0. The van der Waals surface area contributed by atoms with Crippen LogP contribution in [0.2, 0.25) is 0 Å². The molecule has 0 aromatic heterocycles. The number of rotatable bonds is 8. The maximum atomic E-state index is 12.1. The first kappa shape index (κ1) is 17.5. The zero-order valence-corrected chi connectivity index (χ0v) is 12.2. The number of aliphatic hydroxyl groups is 3. The molecule has 3 atom stereocenters. The highest BCUT2D eigenvalue weighted by Gasteiger charge is 2.42. The standard InChI is InChI=1S/C14H22O7/c1-3-5-6-8(4-2)13(18)21-12-10(17)14(19)20-11(12)9(16)7-15/h8-9,11,15-17H,3-7H2,1-2H3/t8?,9-,11+/m0/s1. The fourth-order valence-corrected chi connectivity index (χ4v) is 2.05. The van der Waals surface area contributed by atoms with Gasteiger partial charge in [0.2, 0.25) is 11.5 Å². The highest BCUT2D eigenvalue weighted by atomic mass is 16.6. The van der Waals surface area contributed by atoms with Gasteiger partial charge in [0.1, 0.15) is 6.10 Å². The van der Waals surface area contributed by atoms with E-state index in [2.05, 4.69) is 4.74 Å². The number of ether oxygens (including phenoxy) is 2. The number of hydrogen-bond acceptors (Lipinski definition) is 7. The van der Waals surface area contributed by atoms with Gasteiger partial charge in [-0.05, 0) is 12.8 Å². The van der Waals surface area contributed by atoms with E-state index in [1.54, 1.807) is 0 Å². The normalized spacial score (nSPS) is 21.1. The molecule has 0 bridgehead atoms. The highest BCUT2D eigenvalue weighted by molar-refractivity contribution is 5.90. The number of carbonyl (C=O) groups is 2. The summed E-state index contributed by atoms with van der Waals surface area (Å²) < 4.78 is 9.74. The van der Waals surface area contributed by atoms with E-state index >= 15 is 0 Å². The molecule has 1 heterocycles. The van der Waals surface area contributed by atoms with Crippen LogP contribution >= 0.6 is 0 Å². The van der Waals surface area contributed by atoms with Gasteiger partial charge in [0.05, 0.1) is 12.5 Å². The number of unbranched alkanes of at least 4 members (excludes halogenated alkanes) is 1. The second kappa shape index (κ2) is 7.99. The second-order valence-corrected chi connectivity index (χ2v) is 4.96. The number of esters is 2. The molecule has 0 aliphatic carbocycles. The van der Waals surface area contributed by atoms with E-state index in [0.29, 0.717) is 12.8 Å². The summed E-state index contributed by atoms with van der Waals surface area (Å²) in [6.07, 6.45) is 0.172. The van der Waals surface area contributed by atoms with E-state index < -0.39 is 42.3 Å². The molecule has 7 nitrogen and oxygen atoms in total. The molecule has 0 saturated carbocycles. The van der Waals surface area contributed by atoms with E-state index in [4.69, 9.17) is 9.84 Å². The van der Waals surface area contributed by atoms with Crippen molar-refractivity contribution in [2.75, 3.05) is 6.61 Å². The molecule has 1 unspecified atom stereocenters. The van der Waals surface area contributed by atoms with Crippen LogP contribution in [0.15, 0.2) is 11.5 Å². The molecule has 120 valence electrons. The van der Waals surface area contributed by atoms with Gasteiger partial charge in [-0.1, -0.05) is 26.7 Å². The summed E-state index contributed by atoms with van der Waals surface area (Å²) >= 11 is 0. The van der Waals surface area contributed by atoms with Gasteiger partial charge in [0, 0.05) is 0 Å². The number of cyclic esters (lactones) is 1. The van der Waals surface area contributed by atoms with Gasteiger partial charge in [0.25, 0.3) is 0 Å². The quantitative estimate of drug-likeness (QED) is 0.568. The Morgan fingerprint density at radius 2 is 2.10 bits per heavy atom. The predicted octanol–water partition coefficient (Wildman–Crippen LogP) is 0.794. The zero-order valence-electron chi connectivity index (χ0n) is 12.2. The molecular weight excluding hydrogens is 280 g/mol. The zero-order chi connectivity index (χ0) is 16.0. The fraction of sp³-hybridized carbons (Fsp3) is 0.714. The minimum atomic E-state index is -1.46. The lowest BCUT2D eigenvalue weighted by Crippen LogP contribution is -2.33. The molecular formula is C14H22O7. The lowest BCUT2D eigenvalue weighted by molar-refractivity contribution is -0.153. The summed E-state index contributed by atoms with van der Waals surface area (Å²) in [4.78, 5) is 23.4. The first-order valence-corrected chi connectivity index (χ1v) is 7.10. The summed E-state index contributed by atoms with van der Waals surface area (Å²) in [5, 5.41) is 28.0. The van der Waals surface area contributed by atoms with Gasteiger partial charge >= 0.3 is 11.9 Å². The summed E-state index contributed by atoms with van der Waals surface area (Å²) in [5.74, 6) is -3.29. The lowest BCUT2D eigenvalue weighted by Gasteiger charge is -2.19. The molecule has 0 saturated heterocycles. The van der Waals surface area contributed by atoms with E-state index in [-0.39, 0.29) is 5.92 Å². The average Bonchev–Trinajstić information content (AvgIpc) is 2.75. The molecule has 1 aliphatic heterocycles. The van der Waals surface area contributed by atoms with Crippen LogP contribution in [0.4, 0.5) is 0 Å². The van der Waals surface area contributed by atoms with E-state index in [1.807, 2.05) is 13.8 Å². The first-order valence-electron chi connectivity index (χ1n) is 7.10. The summed E-state index contributed by atoms with van der Waals surface area (Å²) in [7, 11) is 0. The van der Waals surface area contributed by atoms with Crippen molar-refractivity contribution in [1.82, 2.24) is 0 Å². The van der Waals surface area contributed by atoms with Crippen molar-refractivity contribution in [3.8, 4) is 0 Å². The molecule has 0 spiro atoms. The summed E-state index contributed by atoms with van der Waals surface area (Å²) in [6.45, 7) is 3.15. The highest BCUT2D eigenvalue weighted by Crippen LogP contribution is 2.27. The van der Waals surface area contributed by atoms with Crippen LogP contribution in [-0.4, -0.2) is 46.1 Å². The van der Waals surface area contributed by atoms with Gasteiger partial charge in [-0.3, -0.25) is 4.79 Å². The minimum absolute atomic E-state index is 0.354. The van der Waals surface area contributed by atoms with Crippen LogP contribution in [0.25, 0.3) is 0 Å². The Morgan fingerprint density at radius 1 is 1.43 bits per heavy atom. The molecule has 0 amide bonds. The van der Waals surface area contributed by atoms with Crippen molar-refractivity contribution in [3.63, 3.8) is 0 Å². The largest absolute Gasteiger partial charge is 0.499 e. The van der Waals surface area contributed by atoms with Gasteiger partial charge in [-0.15, -0.1) is 0 Å². The Labute approximate surface area is 123 Å². The molecule has 0 aromatic carbocycles. The van der Waals surface area contributed by atoms with Crippen LogP contribution in [0.5, 0.6) is 0 Å². The number of hydrogen-bond donors (Lipinski definition) is 3. The third kappa shape index (κ3) is 4.18. The maximum absolute atomic E-state index is 12.1. The van der Waals surface area contributed by atoms with Crippen LogP contribution in [0.3, 0.4) is 0 Å². The molecule has 3 N–H and O–H groups in total. The SMILES string of the molecule is CCCCC(CC)C(=O)OC1=C(O)C(=O)O[C@@H]1[C@@H](O)CO. The Morgan fingerprint density at radius 3 is 2.62 bits per heavy atom. The fourth-order valence-electron chi connectivity index (χ4n) is 2.05. The van der Waals surface area contributed by atoms with E-state index in [9.17, 15) is 19.8 Å². The van der Waals surface area contributed by atoms with Crippen LogP contribution in [0, 0.1) is 5.92 Å². The topological polar surface area (TPSA) is 113 Å². The van der Waals surface area contributed by atoms with Crippen LogP contribution in [0.1, 0.15) is 39.5 Å². The summed E-state index contributed by atoms with van der Waals surface area (Å²) in [6, 6.07) is 0. The van der Waals surface area contributed by atoms with Crippen molar-refractivity contribution in [2.24, 2.45) is 5.92 Å². The number of carbonyl (C=O) groups excluding carboxylic acids is 2. The van der Waals surface area contributed by atoms with Crippen molar-refractivity contribution in [2.45, 2.75) is 51.7 Å². The van der Waals surface area contributed by atoms with Crippen molar-refractivity contribution >= 4 is 11.9 Å². The Bertz CT molecular complexity index is 416. The Kier molecular flexibility index (Phi) is 6.64. The smallest absolute Gasteiger partial charge is 0.378 e. The number of aliphatic hydroxyl groups excluding tert-OH is 3. The van der Waals surface area contributed by atoms with Gasteiger partial charge in [-0.25, -0.2) is 4.79 Å².